The van der Waals surface area contributed by atoms with Gasteiger partial charge in [0.2, 0.25) is 11.8 Å². The molecular formula is C28H32F6IN3O2. The van der Waals surface area contributed by atoms with Crippen LogP contribution in [0.5, 0.6) is 0 Å². The first kappa shape index (κ1) is 32.2. The maximum absolute atomic E-state index is 14.0. The molecule has 0 aliphatic carbocycles. The van der Waals surface area contributed by atoms with Crippen molar-refractivity contribution in [3.63, 3.8) is 0 Å². The van der Waals surface area contributed by atoms with E-state index in [-0.39, 0.29) is 25.1 Å². The van der Waals surface area contributed by atoms with E-state index in [9.17, 15) is 35.9 Å². The van der Waals surface area contributed by atoms with Crippen LogP contribution in [-0.4, -0.2) is 46.8 Å². The van der Waals surface area contributed by atoms with E-state index in [0.717, 1.165) is 11.1 Å². The van der Waals surface area contributed by atoms with E-state index in [2.05, 4.69) is 27.9 Å². The monoisotopic (exact) mass is 683 g/mol. The zero-order chi connectivity index (χ0) is 30.4. The quantitative estimate of drug-likeness (QED) is 0.193. The molecule has 12 heteroatoms. The summed E-state index contributed by atoms with van der Waals surface area (Å²) in [7, 11) is 1.78. The molecule has 1 aliphatic rings. The average Bonchev–Trinajstić information content (AvgIpc) is 3.08. The van der Waals surface area contributed by atoms with Crippen molar-refractivity contribution in [3.05, 3.63) is 58.7 Å². The third-order valence-electron chi connectivity index (χ3n) is 7.79. The summed E-state index contributed by atoms with van der Waals surface area (Å²) in [5, 5.41) is 2.33. The zero-order valence-corrected chi connectivity index (χ0v) is 25.2. The number of nitrogens with one attached hydrogen (secondary N) is 1. The summed E-state index contributed by atoms with van der Waals surface area (Å²) in [5.41, 5.74) is -3.42. The van der Waals surface area contributed by atoms with Gasteiger partial charge in [0.05, 0.1) is 22.5 Å². The van der Waals surface area contributed by atoms with Gasteiger partial charge in [-0.15, -0.1) is 0 Å². The van der Waals surface area contributed by atoms with Gasteiger partial charge >= 0.3 is 12.4 Å². The molecule has 40 heavy (non-hydrogen) atoms. The van der Waals surface area contributed by atoms with E-state index in [1.165, 1.54) is 4.90 Å². The molecule has 1 aliphatic heterocycles. The molecule has 2 aromatic rings. The Morgan fingerprint density at radius 2 is 1.55 bits per heavy atom. The van der Waals surface area contributed by atoms with Crippen molar-refractivity contribution in [2.24, 2.45) is 11.3 Å². The van der Waals surface area contributed by atoms with E-state index in [1.54, 1.807) is 14.0 Å². The fourth-order valence-corrected chi connectivity index (χ4v) is 5.52. The summed E-state index contributed by atoms with van der Waals surface area (Å²) in [6, 6.07) is 6.45. The van der Waals surface area contributed by atoms with Gasteiger partial charge < -0.3 is 10.2 Å². The van der Waals surface area contributed by atoms with Gasteiger partial charge in [-0.2, -0.15) is 26.3 Å². The van der Waals surface area contributed by atoms with Crippen LogP contribution < -0.4 is 10.2 Å². The van der Waals surface area contributed by atoms with Crippen molar-refractivity contribution in [3.8, 4) is 0 Å². The largest absolute Gasteiger partial charge is 0.416 e. The van der Waals surface area contributed by atoms with Crippen molar-refractivity contribution in [1.82, 2.24) is 4.90 Å². The van der Waals surface area contributed by atoms with Crippen LogP contribution in [0.1, 0.15) is 43.0 Å². The Balaban J connectivity index is 2.14. The molecule has 0 unspecified atom stereocenters. The third kappa shape index (κ3) is 6.27. The minimum absolute atomic E-state index is 0.00649. The van der Waals surface area contributed by atoms with Crippen molar-refractivity contribution < 1.29 is 35.9 Å². The van der Waals surface area contributed by atoms with Gasteiger partial charge in [0.1, 0.15) is 0 Å². The van der Waals surface area contributed by atoms with E-state index in [4.69, 9.17) is 0 Å². The lowest BCUT2D eigenvalue weighted by Crippen LogP contribution is -2.55. The number of nitrogens with zero attached hydrogens (tertiary/aromatic N) is 2. The van der Waals surface area contributed by atoms with Gasteiger partial charge in [0, 0.05) is 34.4 Å². The first-order valence-corrected chi connectivity index (χ1v) is 14.0. The zero-order valence-electron chi connectivity index (χ0n) is 23.0. The maximum Gasteiger partial charge on any atom is 0.416 e. The van der Waals surface area contributed by atoms with E-state index >= 15 is 0 Å². The van der Waals surface area contributed by atoms with Gasteiger partial charge in [-0.25, -0.2) is 0 Å². The Morgan fingerprint density at radius 1 is 1.05 bits per heavy atom. The lowest BCUT2D eigenvalue weighted by atomic mass is 9.76. The van der Waals surface area contributed by atoms with Gasteiger partial charge in [0.25, 0.3) is 0 Å². The Kier molecular flexibility index (Phi) is 8.96. The predicted octanol–water partition coefficient (Wildman–Crippen LogP) is 7.09. The molecule has 0 radical (unpaired) electrons. The van der Waals surface area contributed by atoms with Crippen LogP contribution in [0.15, 0.2) is 36.4 Å². The Labute approximate surface area is 243 Å². The predicted molar refractivity (Wildman–Crippen MR) is 151 cm³/mol. The van der Waals surface area contributed by atoms with Gasteiger partial charge in [-0.1, -0.05) is 47.7 Å². The second-order valence-corrected chi connectivity index (χ2v) is 11.9. The van der Waals surface area contributed by atoms with Crippen molar-refractivity contribution in [1.29, 1.82) is 0 Å². The Hall–Kier alpha value is -2.35. The molecule has 2 aromatic carbocycles. The molecular weight excluding hydrogens is 651 g/mol. The van der Waals surface area contributed by atoms with Crippen molar-refractivity contribution >= 4 is 45.8 Å². The van der Waals surface area contributed by atoms with Crippen LogP contribution in [-0.2, 0) is 21.9 Å². The molecule has 0 bridgehead atoms. The van der Waals surface area contributed by atoms with Crippen molar-refractivity contribution in [2.75, 3.05) is 34.8 Å². The van der Waals surface area contributed by atoms with Crippen LogP contribution in [0.25, 0.3) is 0 Å². The van der Waals surface area contributed by atoms with Gasteiger partial charge in [-0.05, 0) is 64.1 Å². The molecule has 1 heterocycles. The summed E-state index contributed by atoms with van der Waals surface area (Å²) >= 11 is 2.19. The lowest BCUT2D eigenvalue weighted by Gasteiger charge is -2.41. The smallest absolute Gasteiger partial charge is 0.325 e. The Bertz CT molecular complexity index is 1240. The number of rotatable bonds is 7. The van der Waals surface area contributed by atoms with Crippen molar-refractivity contribution in [2.45, 2.75) is 52.5 Å². The number of anilines is 2. The van der Waals surface area contributed by atoms with Gasteiger partial charge in [0.15, 0.2) is 0 Å². The minimum atomic E-state index is -5.07. The standard InChI is InChI=1S/C28H32F6IN3O2/c1-16-8-7-9-17(2)22(16)38-15-26(18(3)23(38)39,14-37(6)25(4,5)13-35)24(40)36-21-11-19(27(29,30)31)10-20(12-21)28(32,33)34/h7-12,18H,13-15H2,1-6H3,(H,36,40)/t18-,26-/m1/s1. The third-order valence-corrected chi connectivity index (χ3v) is 9.66. The highest BCUT2D eigenvalue weighted by Gasteiger charge is 2.57. The number of benzene rings is 2. The molecule has 1 fully saturated rings. The normalized spacial score (nSPS) is 20.4. The average molecular weight is 683 g/mol. The second kappa shape index (κ2) is 11.1. The number of alkyl halides is 7. The maximum atomic E-state index is 14.0. The molecule has 0 spiro atoms. The number of hydrogen-bond acceptors (Lipinski definition) is 3. The molecule has 2 amide bonds. The van der Waals surface area contributed by atoms with Crippen LogP contribution in [0.3, 0.4) is 0 Å². The lowest BCUT2D eigenvalue weighted by molar-refractivity contribution is -0.143. The highest BCUT2D eigenvalue weighted by molar-refractivity contribution is 14.1. The topological polar surface area (TPSA) is 52.6 Å². The van der Waals surface area contributed by atoms with Gasteiger partial charge in [-0.3, -0.25) is 14.5 Å². The summed E-state index contributed by atoms with van der Waals surface area (Å²) in [4.78, 5) is 31.1. The van der Waals surface area contributed by atoms with Crippen LogP contribution in [0.4, 0.5) is 37.7 Å². The number of carbonyl (C=O) groups is 2. The highest BCUT2D eigenvalue weighted by Crippen LogP contribution is 2.44. The first-order chi connectivity index (χ1) is 18.2. The van der Waals surface area contributed by atoms with E-state index in [0.29, 0.717) is 22.2 Å². The summed E-state index contributed by atoms with van der Waals surface area (Å²) in [6.07, 6.45) is -10.1. The highest BCUT2D eigenvalue weighted by atomic mass is 127. The number of carbonyl (C=O) groups excluding carboxylic acids is 2. The minimum Gasteiger partial charge on any atom is -0.325 e. The van der Waals surface area contributed by atoms with Crippen LogP contribution in [0.2, 0.25) is 0 Å². The number of para-hydroxylation sites is 1. The summed E-state index contributed by atoms with van der Waals surface area (Å²) in [5.74, 6) is -2.11. The number of aryl methyl sites for hydroxylation is 2. The second-order valence-electron chi connectivity index (χ2n) is 11.1. The number of hydrogen-bond donors (Lipinski definition) is 1. The number of amides is 2. The molecule has 1 N–H and O–H groups in total. The molecule has 2 atom stereocenters. The molecule has 3 rings (SSSR count). The van der Waals surface area contributed by atoms with Crippen LogP contribution in [0, 0.1) is 25.2 Å². The SMILES string of the molecule is Cc1cccc(C)c1N1C[C@@](CN(C)C(C)(C)CI)(C(=O)Nc2cc(C(F)(F)F)cc(C(F)(F)F)c2)[C@H](C)C1=O. The molecule has 0 aromatic heterocycles. The molecule has 220 valence electrons. The van der Waals surface area contributed by atoms with E-state index in [1.807, 2.05) is 50.8 Å². The first-order valence-electron chi connectivity index (χ1n) is 12.5. The summed E-state index contributed by atoms with van der Waals surface area (Å²) < 4.78 is 81.5. The van der Waals surface area contributed by atoms with E-state index < -0.39 is 51.9 Å². The fourth-order valence-electron chi connectivity index (χ4n) is 4.94. The summed E-state index contributed by atoms with van der Waals surface area (Å²) in [6.45, 7) is 9.05. The number of halogens is 7. The Morgan fingerprint density at radius 3 is 2.00 bits per heavy atom. The molecule has 0 saturated carbocycles. The van der Waals surface area contributed by atoms with Crippen LogP contribution >= 0.6 is 22.6 Å². The fraction of sp³-hybridized carbons (Fsp3) is 0.500. The molecule has 1 saturated heterocycles. The molecule has 5 nitrogen and oxygen atoms in total.